The number of hydrogen-bond donors (Lipinski definition) is 1. The number of fused-ring (bicyclic) bond motifs is 1. The van der Waals surface area contributed by atoms with Crippen LogP contribution in [0.25, 0.3) is 23.1 Å². The number of rotatable bonds is 6. The molecule has 0 aliphatic heterocycles. The summed E-state index contributed by atoms with van der Waals surface area (Å²) in [6.07, 6.45) is -0.326. The van der Waals surface area contributed by atoms with Gasteiger partial charge in [-0.15, -0.1) is 0 Å². The summed E-state index contributed by atoms with van der Waals surface area (Å²) >= 11 is 5.09. The molecule has 178 valence electrons. The molecule has 4 aromatic rings. The first-order valence-electron chi connectivity index (χ1n) is 10.2. The van der Waals surface area contributed by atoms with Crippen molar-refractivity contribution in [1.82, 2.24) is 24.9 Å². The predicted molar refractivity (Wildman–Crippen MR) is 130 cm³/mol. The van der Waals surface area contributed by atoms with Crippen molar-refractivity contribution in [2.24, 2.45) is 4.99 Å². The first-order chi connectivity index (χ1) is 16.7. The molecule has 6 nitrogen and oxygen atoms in total. The third-order valence-corrected chi connectivity index (χ3v) is 5.73. The van der Waals surface area contributed by atoms with Crippen molar-refractivity contribution in [2.45, 2.75) is 12.6 Å². The van der Waals surface area contributed by atoms with Crippen molar-refractivity contribution in [1.29, 1.82) is 0 Å². The molecule has 2 aromatic heterocycles. The lowest BCUT2D eigenvalue weighted by atomic mass is 9.99. The monoisotopic (exact) mass is 498 g/mol. The molecule has 11 heteroatoms. The van der Waals surface area contributed by atoms with Crippen molar-refractivity contribution >= 4 is 41.5 Å². The molecule has 0 aliphatic rings. The zero-order chi connectivity index (χ0) is 25.3. The van der Waals surface area contributed by atoms with Crippen LogP contribution in [0, 0.1) is 5.82 Å². The van der Waals surface area contributed by atoms with E-state index in [1.165, 1.54) is 35.1 Å². The van der Waals surface area contributed by atoms with E-state index in [2.05, 4.69) is 38.7 Å². The van der Waals surface area contributed by atoms with Gasteiger partial charge in [0.15, 0.2) is 0 Å². The zero-order valence-corrected chi connectivity index (χ0v) is 19.2. The van der Waals surface area contributed by atoms with Gasteiger partial charge in [0, 0.05) is 30.2 Å². The molecule has 0 unspecified atom stereocenters. The SMILES string of the molecule is C=Cc1cc(Cc2cnc3ncc(-c4ccc(C(=S)NC)c(F)c4)nn23)cc(C(F)(F)F)c1N=C. The Morgan fingerprint density at radius 1 is 1.20 bits per heavy atom. The van der Waals surface area contributed by atoms with Gasteiger partial charge in [0.05, 0.1) is 29.3 Å². The quantitative estimate of drug-likeness (QED) is 0.219. The van der Waals surface area contributed by atoms with Crippen LogP contribution in [0.1, 0.15) is 27.9 Å². The second kappa shape index (κ2) is 9.34. The fourth-order valence-electron chi connectivity index (χ4n) is 3.64. The zero-order valence-electron chi connectivity index (χ0n) is 18.4. The Hall–Kier alpha value is -3.99. The summed E-state index contributed by atoms with van der Waals surface area (Å²) in [4.78, 5) is 12.2. The number of alkyl halides is 3. The summed E-state index contributed by atoms with van der Waals surface area (Å²) in [6, 6.07) is 7.06. The minimum absolute atomic E-state index is 0.0738. The van der Waals surface area contributed by atoms with Gasteiger partial charge in [0.1, 0.15) is 16.5 Å². The van der Waals surface area contributed by atoms with E-state index in [0.717, 1.165) is 6.07 Å². The van der Waals surface area contributed by atoms with Gasteiger partial charge in [-0.25, -0.2) is 18.9 Å². The Bertz CT molecular complexity index is 1480. The number of thiocarbonyl (C=S) groups is 1. The van der Waals surface area contributed by atoms with E-state index in [9.17, 15) is 17.6 Å². The average molecular weight is 499 g/mol. The van der Waals surface area contributed by atoms with Crippen LogP contribution in [-0.2, 0) is 12.6 Å². The Morgan fingerprint density at radius 3 is 2.57 bits per heavy atom. The summed E-state index contributed by atoms with van der Waals surface area (Å²) in [5.74, 6) is -0.274. The summed E-state index contributed by atoms with van der Waals surface area (Å²) in [6.45, 7) is 6.84. The molecule has 0 saturated heterocycles. The molecule has 0 saturated carbocycles. The number of aliphatic imine (C=N–C) groups is 1. The van der Waals surface area contributed by atoms with Gasteiger partial charge in [-0.1, -0.05) is 30.9 Å². The molecular formula is C24H18F4N6S. The van der Waals surface area contributed by atoms with Crippen LogP contribution in [0.4, 0.5) is 23.2 Å². The summed E-state index contributed by atoms with van der Waals surface area (Å²) in [5, 5.41) is 7.22. The summed E-state index contributed by atoms with van der Waals surface area (Å²) in [7, 11) is 1.60. The molecular weight excluding hydrogens is 480 g/mol. The number of hydrogen-bond acceptors (Lipinski definition) is 5. The Kier molecular flexibility index (Phi) is 6.44. The molecule has 0 aliphatic carbocycles. The van der Waals surface area contributed by atoms with Crippen LogP contribution in [-0.4, -0.2) is 38.3 Å². The van der Waals surface area contributed by atoms with Crippen LogP contribution < -0.4 is 5.32 Å². The second-order valence-corrected chi connectivity index (χ2v) is 7.90. The van der Waals surface area contributed by atoms with Crippen LogP contribution in [0.2, 0.25) is 0 Å². The van der Waals surface area contributed by atoms with E-state index in [-0.39, 0.29) is 34.0 Å². The highest BCUT2D eigenvalue weighted by Crippen LogP contribution is 2.40. The summed E-state index contributed by atoms with van der Waals surface area (Å²) in [5.41, 5.74) is 0.922. The Labute approximate surface area is 203 Å². The maximum atomic E-state index is 14.6. The molecule has 0 atom stereocenters. The largest absolute Gasteiger partial charge is 0.418 e. The van der Waals surface area contributed by atoms with E-state index in [0.29, 0.717) is 22.5 Å². The molecule has 1 N–H and O–H groups in total. The number of nitrogens with zero attached hydrogens (tertiary/aromatic N) is 5. The van der Waals surface area contributed by atoms with Crippen LogP contribution >= 0.6 is 12.2 Å². The van der Waals surface area contributed by atoms with Gasteiger partial charge in [-0.05, 0) is 36.5 Å². The van der Waals surface area contributed by atoms with Crippen molar-refractivity contribution in [3.8, 4) is 11.3 Å². The lowest BCUT2D eigenvalue weighted by Gasteiger charge is -2.14. The number of benzene rings is 2. The molecule has 35 heavy (non-hydrogen) atoms. The second-order valence-electron chi connectivity index (χ2n) is 7.50. The third-order valence-electron chi connectivity index (χ3n) is 5.30. The normalized spacial score (nSPS) is 11.5. The van der Waals surface area contributed by atoms with Crippen LogP contribution in [0.5, 0.6) is 0 Å². The van der Waals surface area contributed by atoms with E-state index in [1.807, 2.05) is 0 Å². The topological polar surface area (TPSA) is 67.5 Å². The maximum Gasteiger partial charge on any atom is 0.418 e. The predicted octanol–water partition coefficient (Wildman–Crippen LogP) is 5.41. The van der Waals surface area contributed by atoms with Crippen LogP contribution in [0.15, 0.2) is 54.3 Å². The highest BCUT2D eigenvalue weighted by molar-refractivity contribution is 7.80. The molecule has 0 spiro atoms. The minimum Gasteiger partial charge on any atom is -0.379 e. The van der Waals surface area contributed by atoms with Gasteiger partial charge in [0.25, 0.3) is 5.78 Å². The number of imidazole rings is 1. The standard InChI is InChI=1S/C24H18F4N6S/c1-4-14-7-13(9-18(21(14)29-2)24(26,27)28)8-16-11-31-23-32-12-20(33-34(16)23)15-5-6-17(19(25)10-15)22(35)30-3/h4-7,9-12H,1-2,8H2,3H3,(H,30,35). The third kappa shape index (κ3) is 4.67. The van der Waals surface area contributed by atoms with Crippen LogP contribution in [0.3, 0.4) is 0 Å². The van der Waals surface area contributed by atoms with Gasteiger partial charge in [0.2, 0.25) is 0 Å². The first kappa shape index (κ1) is 24.1. The van der Waals surface area contributed by atoms with E-state index < -0.39 is 17.6 Å². The van der Waals surface area contributed by atoms with Gasteiger partial charge >= 0.3 is 6.18 Å². The molecule has 0 radical (unpaired) electrons. The smallest absolute Gasteiger partial charge is 0.379 e. The van der Waals surface area contributed by atoms with Crippen molar-refractivity contribution in [3.05, 3.63) is 83.1 Å². The highest BCUT2D eigenvalue weighted by Gasteiger charge is 2.34. The Balaban J connectivity index is 1.75. The summed E-state index contributed by atoms with van der Waals surface area (Å²) < 4.78 is 56.9. The molecule has 2 aromatic carbocycles. The van der Waals surface area contributed by atoms with Crippen molar-refractivity contribution in [2.75, 3.05) is 7.05 Å². The minimum atomic E-state index is -4.62. The van der Waals surface area contributed by atoms with Gasteiger partial charge in [-0.2, -0.15) is 18.3 Å². The highest BCUT2D eigenvalue weighted by atomic mass is 32.1. The number of nitrogens with one attached hydrogen (secondary N) is 1. The van der Waals surface area contributed by atoms with Crippen molar-refractivity contribution < 1.29 is 17.6 Å². The first-order valence-corrected chi connectivity index (χ1v) is 10.6. The molecule has 0 amide bonds. The molecule has 0 fully saturated rings. The van der Waals surface area contributed by atoms with E-state index in [4.69, 9.17) is 12.2 Å². The number of halogens is 4. The van der Waals surface area contributed by atoms with Crippen molar-refractivity contribution in [3.63, 3.8) is 0 Å². The lowest BCUT2D eigenvalue weighted by Crippen LogP contribution is -2.17. The Morgan fingerprint density at radius 2 is 1.94 bits per heavy atom. The fourth-order valence-corrected chi connectivity index (χ4v) is 3.81. The average Bonchev–Trinajstić information content (AvgIpc) is 3.24. The molecule has 4 rings (SSSR count). The molecule has 0 bridgehead atoms. The maximum absolute atomic E-state index is 14.6. The fraction of sp³-hybridized carbons (Fsp3) is 0.125. The molecule has 2 heterocycles. The van der Waals surface area contributed by atoms with Gasteiger partial charge in [-0.3, -0.25) is 4.99 Å². The van der Waals surface area contributed by atoms with E-state index in [1.54, 1.807) is 19.2 Å². The van der Waals surface area contributed by atoms with Gasteiger partial charge < -0.3 is 5.32 Å². The lowest BCUT2D eigenvalue weighted by molar-refractivity contribution is -0.137. The number of aromatic nitrogens is 4. The van der Waals surface area contributed by atoms with E-state index >= 15 is 0 Å².